The number of phenols is 2. The molecule has 0 radical (unpaired) electrons. The second-order valence-corrected chi connectivity index (χ2v) is 6.50. The Labute approximate surface area is 121 Å². The monoisotopic (exact) mass is 282 g/mol. The number of quaternary nitrogens is 1. The third kappa shape index (κ3) is 2.91. The quantitative estimate of drug-likeness (QED) is 0.574. The summed E-state index contributed by atoms with van der Waals surface area (Å²) in [4.78, 5) is 0. The third-order valence-corrected chi connectivity index (χ3v) is 4.73. The van der Waals surface area contributed by atoms with E-state index >= 15 is 0 Å². The van der Waals surface area contributed by atoms with Gasteiger partial charge in [-0.05, 0) is 44.9 Å². The van der Waals surface area contributed by atoms with Crippen LogP contribution in [0, 0.1) is 0 Å². The van der Waals surface area contributed by atoms with Crippen molar-refractivity contribution in [1.29, 1.82) is 0 Å². The zero-order chi connectivity index (χ0) is 15.7. The number of hydrogen-bond donors (Lipinski definition) is 3. The van der Waals surface area contributed by atoms with Crippen LogP contribution in [-0.4, -0.2) is 46.0 Å². The van der Waals surface area contributed by atoms with E-state index < -0.39 is 5.60 Å². The van der Waals surface area contributed by atoms with E-state index in [4.69, 9.17) is 0 Å². The van der Waals surface area contributed by atoms with Gasteiger partial charge in [-0.1, -0.05) is 13.0 Å². The summed E-state index contributed by atoms with van der Waals surface area (Å²) < 4.78 is 0.672. The molecule has 2 atom stereocenters. The van der Waals surface area contributed by atoms with E-state index in [-0.39, 0.29) is 17.5 Å². The molecule has 1 aromatic rings. The van der Waals surface area contributed by atoms with E-state index in [1.807, 2.05) is 0 Å². The zero-order valence-corrected chi connectivity index (χ0v) is 13.4. The van der Waals surface area contributed by atoms with Crippen molar-refractivity contribution in [2.24, 2.45) is 0 Å². The molecule has 114 valence electrons. The lowest BCUT2D eigenvalue weighted by molar-refractivity contribution is -0.943. The number of hydrogen-bond acceptors (Lipinski definition) is 3. The van der Waals surface area contributed by atoms with Gasteiger partial charge in [-0.3, -0.25) is 0 Å². The second kappa shape index (κ2) is 5.62. The molecular weight excluding hydrogens is 254 g/mol. The first kappa shape index (κ1) is 16.8. The largest absolute Gasteiger partial charge is 0.504 e. The van der Waals surface area contributed by atoms with Gasteiger partial charge in [0.05, 0.1) is 20.1 Å². The molecule has 20 heavy (non-hydrogen) atoms. The number of aromatic hydroxyl groups is 2. The fourth-order valence-corrected chi connectivity index (χ4v) is 2.91. The lowest BCUT2D eigenvalue weighted by atomic mass is 9.83. The number of nitrogens with zero attached hydrogens (tertiary/aromatic N) is 1. The van der Waals surface area contributed by atoms with E-state index in [0.717, 1.165) is 6.42 Å². The Kier molecular flexibility index (Phi) is 4.72. The van der Waals surface area contributed by atoms with Crippen molar-refractivity contribution < 1.29 is 19.8 Å². The molecule has 0 aromatic heterocycles. The van der Waals surface area contributed by atoms with Gasteiger partial charge in [0.15, 0.2) is 11.5 Å². The molecule has 0 aliphatic heterocycles. The van der Waals surface area contributed by atoms with E-state index in [2.05, 4.69) is 34.9 Å². The van der Waals surface area contributed by atoms with E-state index in [9.17, 15) is 15.3 Å². The Morgan fingerprint density at radius 3 is 2.10 bits per heavy atom. The molecule has 4 heteroatoms. The summed E-state index contributed by atoms with van der Waals surface area (Å²) in [5, 5.41) is 30.1. The van der Waals surface area contributed by atoms with Crippen LogP contribution in [0.4, 0.5) is 0 Å². The van der Waals surface area contributed by atoms with Crippen LogP contribution >= 0.6 is 0 Å². The van der Waals surface area contributed by atoms with Crippen LogP contribution in [0.1, 0.15) is 39.7 Å². The van der Waals surface area contributed by atoms with Gasteiger partial charge in [0.2, 0.25) is 0 Å². The van der Waals surface area contributed by atoms with Crippen LogP contribution in [0.2, 0.25) is 0 Å². The first-order valence-corrected chi connectivity index (χ1v) is 7.13. The summed E-state index contributed by atoms with van der Waals surface area (Å²) in [7, 11) is 4.21. The number of benzene rings is 1. The van der Waals surface area contributed by atoms with Crippen LogP contribution in [-0.2, 0) is 5.60 Å². The summed E-state index contributed by atoms with van der Waals surface area (Å²) in [6.07, 6.45) is 0.805. The van der Waals surface area contributed by atoms with Crippen LogP contribution < -0.4 is 0 Å². The fraction of sp³-hybridized carbons (Fsp3) is 0.625. The second-order valence-electron chi connectivity index (χ2n) is 6.50. The van der Waals surface area contributed by atoms with Crippen LogP contribution in [0.5, 0.6) is 11.5 Å². The van der Waals surface area contributed by atoms with Crippen LogP contribution in [0.3, 0.4) is 0 Å². The standard InChI is InChI=1S/C16H27NO3/c1-7-15(17(5,6)11(2)3)16(4,20)12-8-9-13(18)14(19)10-12/h8-11,15,20H,7H2,1-6H3,(H-,18,19)/p+1. The Morgan fingerprint density at radius 1 is 1.15 bits per heavy atom. The maximum absolute atomic E-state index is 11.0. The molecule has 4 nitrogen and oxygen atoms in total. The molecule has 2 unspecified atom stereocenters. The number of rotatable bonds is 5. The van der Waals surface area contributed by atoms with Crippen molar-refractivity contribution in [3.05, 3.63) is 23.8 Å². The maximum Gasteiger partial charge on any atom is 0.157 e. The smallest absolute Gasteiger partial charge is 0.157 e. The fourth-order valence-electron chi connectivity index (χ4n) is 2.91. The molecule has 3 N–H and O–H groups in total. The normalized spacial score (nSPS) is 17.0. The average Bonchev–Trinajstić information content (AvgIpc) is 2.32. The van der Waals surface area contributed by atoms with Crippen molar-refractivity contribution in [3.63, 3.8) is 0 Å². The molecule has 0 fully saturated rings. The highest BCUT2D eigenvalue weighted by atomic mass is 16.3. The first-order chi connectivity index (χ1) is 9.05. The molecule has 1 aromatic carbocycles. The Bertz CT molecular complexity index is 467. The minimum atomic E-state index is -1.09. The molecule has 1 rings (SSSR count). The predicted octanol–water partition coefficient (Wildman–Crippen LogP) is 2.57. The molecule has 0 saturated carbocycles. The SMILES string of the molecule is CCC(C(C)(O)c1ccc(O)c(O)c1)[N+](C)(C)C(C)C. The van der Waals surface area contributed by atoms with Crippen molar-refractivity contribution >= 4 is 0 Å². The summed E-state index contributed by atoms with van der Waals surface area (Å²) in [6, 6.07) is 4.86. The summed E-state index contributed by atoms with van der Waals surface area (Å²) in [6.45, 7) is 8.09. The van der Waals surface area contributed by atoms with E-state index in [0.29, 0.717) is 16.1 Å². The molecule has 0 aliphatic rings. The highest BCUT2D eigenvalue weighted by molar-refractivity contribution is 5.42. The first-order valence-electron chi connectivity index (χ1n) is 7.13. The molecule has 0 spiro atoms. The Balaban J connectivity index is 3.27. The van der Waals surface area contributed by atoms with Gasteiger partial charge in [0, 0.05) is 0 Å². The maximum atomic E-state index is 11.0. The van der Waals surface area contributed by atoms with Crippen LogP contribution in [0.15, 0.2) is 18.2 Å². The summed E-state index contributed by atoms with van der Waals surface area (Å²) in [5.41, 5.74) is -0.472. The topological polar surface area (TPSA) is 60.7 Å². The molecule has 0 aliphatic carbocycles. The zero-order valence-electron chi connectivity index (χ0n) is 13.4. The molecule has 0 bridgehead atoms. The van der Waals surface area contributed by atoms with E-state index in [1.54, 1.807) is 13.0 Å². The Morgan fingerprint density at radius 2 is 1.70 bits per heavy atom. The molecular formula is C16H28NO3+. The highest BCUT2D eigenvalue weighted by Crippen LogP contribution is 2.37. The van der Waals surface area contributed by atoms with Gasteiger partial charge < -0.3 is 19.8 Å². The van der Waals surface area contributed by atoms with Gasteiger partial charge >= 0.3 is 0 Å². The molecule has 0 amide bonds. The molecule has 0 heterocycles. The minimum Gasteiger partial charge on any atom is -0.504 e. The van der Waals surface area contributed by atoms with Crippen molar-refractivity contribution in [2.75, 3.05) is 14.1 Å². The molecule has 0 saturated heterocycles. The highest BCUT2D eigenvalue weighted by Gasteiger charge is 2.44. The van der Waals surface area contributed by atoms with E-state index in [1.165, 1.54) is 12.1 Å². The summed E-state index contributed by atoms with van der Waals surface area (Å²) >= 11 is 0. The predicted molar refractivity (Wildman–Crippen MR) is 80.7 cm³/mol. The number of likely N-dealkylation sites (N-methyl/N-ethyl adjacent to an activating group) is 1. The van der Waals surface area contributed by atoms with Crippen molar-refractivity contribution in [1.82, 2.24) is 0 Å². The lowest BCUT2D eigenvalue weighted by Crippen LogP contribution is -2.61. The third-order valence-electron chi connectivity index (χ3n) is 4.73. The average molecular weight is 282 g/mol. The number of phenolic OH excluding ortho intramolecular Hbond substituents is 2. The van der Waals surface area contributed by atoms with Crippen LogP contribution in [0.25, 0.3) is 0 Å². The summed E-state index contributed by atoms with van der Waals surface area (Å²) in [5.74, 6) is -0.373. The minimum absolute atomic E-state index is 0.0218. The lowest BCUT2D eigenvalue weighted by Gasteiger charge is -2.47. The van der Waals surface area contributed by atoms with Crippen molar-refractivity contribution in [3.8, 4) is 11.5 Å². The van der Waals surface area contributed by atoms with Crippen molar-refractivity contribution in [2.45, 2.75) is 51.8 Å². The van der Waals surface area contributed by atoms with Gasteiger partial charge in [-0.25, -0.2) is 0 Å². The van der Waals surface area contributed by atoms with Gasteiger partial charge in [0.25, 0.3) is 0 Å². The van der Waals surface area contributed by atoms with Gasteiger partial charge in [-0.15, -0.1) is 0 Å². The Hall–Kier alpha value is -1.26. The number of aliphatic hydroxyl groups is 1. The van der Waals surface area contributed by atoms with Gasteiger partial charge in [-0.2, -0.15) is 0 Å². The van der Waals surface area contributed by atoms with Gasteiger partial charge in [0.1, 0.15) is 11.6 Å².